The highest BCUT2D eigenvalue weighted by Crippen LogP contribution is 2.40. The summed E-state index contributed by atoms with van der Waals surface area (Å²) in [5.74, 6) is 1.67. The Kier molecular flexibility index (Phi) is 5.54. The first-order chi connectivity index (χ1) is 12.3. The van der Waals surface area contributed by atoms with Crippen molar-refractivity contribution < 1.29 is 9.47 Å². The second-order valence-electron chi connectivity index (χ2n) is 6.25. The average molecular weight is 335 g/mol. The Balaban J connectivity index is 2.06. The summed E-state index contributed by atoms with van der Waals surface area (Å²) in [6.45, 7) is 2.22. The maximum Gasteiger partial charge on any atom is 0.130 e. The van der Waals surface area contributed by atoms with Gasteiger partial charge in [0.1, 0.15) is 11.5 Å². The number of pyridine rings is 1. The van der Waals surface area contributed by atoms with Crippen LogP contribution in [0.25, 0.3) is 22.0 Å². The van der Waals surface area contributed by atoms with Crippen LogP contribution in [-0.2, 0) is 6.42 Å². The molecular weight excluding hydrogens is 310 g/mol. The largest absolute Gasteiger partial charge is 0.496 e. The maximum absolute atomic E-state index is 5.69. The van der Waals surface area contributed by atoms with Crippen molar-refractivity contribution in [1.82, 2.24) is 4.98 Å². The third-order valence-corrected chi connectivity index (χ3v) is 4.51. The molecule has 3 aromatic rings. The van der Waals surface area contributed by atoms with Crippen LogP contribution < -0.4 is 9.47 Å². The summed E-state index contributed by atoms with van der Waals surface area (Å²) in [5, 5.41) is 1.11. The Bertz CT molecular complexity index is 833. The number of rotatable bonds is 7. The van der Waals surface area contributed by atoms with E-state index in [9.17, 15) is 0 Å². The molecule has 1 heterocycles. The van der Waals surface area contributed by atoms with Crippen molar-refractivity contribution in [1.29, 1.82) is 0 Å². The van der Waals surface area contributed by atoms with Crippen molar-refractivity contribution in [2.75, 3.05) is 14.2 Å². The number of aryl methyl sites for hydroxylation is 1. The second-order valence-corrected chi connectivity index (χ2v) is 6.25. The number of benzene rings is 2. The minimum atomic E-state index is 0.836. The number of hydrogen-bond donors (Lipinski definition) is 0. The molecule has 0 atom stereocenters. The lowest BCUT2D eigenvalue weighted by Gasteiger charge is -2.16. The molecule has 2 aromatic carbocycles. The zero-order valence-electron chi connectivity index (χ0n) is 15.2. The van der Waals surface area contributed by atoms with Crippen LogP contribution in [0, 0.1) is 0 Å². The van der Waals surface area contributed by atoms with Gasteiger partial charge in [-0.1, -0.05) is 38.0 Å². The first kappa shape index (κ1) is 17.3. The Labute approximate surface area is 149 Å². The first-order valence-corrected chi connectivity index (χ1v) is 8.87. The van der Waals surface area contributed by atoms with Gasteiger partial charge in [-0.25, -0.2) is 0 Å². The lowest BCUT2D eigenvalue weighted by Crippen LogP contribution is -1.97. The number of unbranched alkanes of at least 4 members (excludes halogenated alkanes) is 2. The molecule has 0 saturated carbocycles. The molecule has 3 heteroatoms. The van der Waals surface area contributed by atoms with E-state index in [1.54, 1.807) is 14.2 Å². The van der Waals surface area contributed by atoms with Gasteiger partial charge in [0.25, 0.3) is 0 Å². The highest BCUT2D eigenvalue weighted by molar-refractivity contribution is 5.86. The minimum Gasteiger partial charge on any atom is -0.496 e. The summed E-state index contributed by atoms with van der Waals surface area (Å²) in [6, 6.07) is 14.5. The molecule has 0 radical (unpaired) electrons. The van der Waals surface area contributed by atoms with Crippen molar-refractivity contribution in [3.8, 4) is 22.6 Å². The second kappa shape index (κ2) is 8.02. The fourth-order valence-corrected chi connectivity index (χ4v) is 3.18. The van der Waals surface area contributed by atoms with E-state index >= 15 is 0 Å². The molecule has 0 amide bonds. The zero-order valence-corrected chi connectivity index (χ0v) is 15.2. The third kappa shape index (κ3) is 3.76. The Morgan fingerprint density at radius 2 is 1.64 bits per heavy atom. The molecular formula is C22H25NO2. The van der Waals surface area contributed by atoms with Crippen LogP contribution in [0.2, 0.25) is 0 Å². The van der Waals surface area contributed by atoms with E-state index in [0.29, 0.717) is 0 Å². The van der Waals surface area contributed by atoms with E-state index in [-0.39, 0.29) is 0 Å². The SMILES string of the molecule is CCCCCc1cc(OC)c(-c2cnc3ccccc3c2)c(OC)c1. The van der Waals surface area contributed by atoms with Crippen molar-refractivity contribution in [2.45, 2.75) is 32.6 Å². The van der Waals surface area contributed by atoms with Crippen LogP contribution in [0.5, 0.6) is 11.5 Å². The Morgan fingerprint density at radius 1 is 0.920 bits per heavy atom. The van der Waals surface area contributed by atoms with Gasteiger partial charge in [-0.15, -0.1) is 0 Å². The van der Waals surface area contributed by atoms with E-state index in [2.05, 4.69) is 36.2 Å². The normalized spacial score (nSPS) is 10.8. The molecule has 1 aromatic heterocycles. The van der Waals surface area contributed by atoms with Crippen molar-refractivity contribution in [2.24, 2.45) is 0 Å². The van der Waals surface area contributed by atoms with E-state index in [0.717, 1.165) is 39.9 Å². The summed E-state index contributed by atoms with van der Waals surface area (Å²) >= 11 is 0. The smallest absolute Gasteiger partial charge is 0.130 e. The van der Waals surface area contributed by atoms with E-state index < -0.39 is 0 Å². The number of fused-ring (bicyclic) bond motifs is 1. The van der Waals surface area contributed by atoms with Crippen LogP contribution in [0.1, 0.15) is 31.7 Å². The standard InChI is InChI=1S/C22H25NO2/c1-4-5-6-9-16-12-20(24-2)22(21(13-16)25-3)18-14-17-10-7-8-11-19(17)23-15-18/h7-8,10-15H,4-6,9H2,1-3H3. The molecule has 3 nitrogen and oxygen atoms in total. The zero-order chi connectivity index (χ0) is 17.6. The van der Waals surface area contributed by atoms with Crippen molar-refractivity contribution >= 4 is 10.9 Å². The predicted octanol–water partition coefficient (Wildman–Crippen LogP) is 5.65. The van der Waals surface area contributed by atoms with Crippen LogP contribution >= 0.6 is 0 Å². The number of ether oxygens (including phenoxy) is 2. The van der Waals surface area contributed by atoms with Gasteiger partial charge >= 0.3 is 0 Å². The molecule has 130 valence electrons. The molecule has 0 fully saturated rings. The van der Waals surface area contributed by atoms with Crippen molar-refractivity contribution in [3.05, 3.63) is 54.2 Å². The summed E-state index contributed by atoms with van der Waals surface area (Å²) < 4.78 is 11.4. The van der Waals surface area contributed by atoms with E-state index in [4.69, 9.17) is 9.47 Å². The Hall–Kier alpha value is -2.55. The fraction of sp³-hybridized carbons (Fsp3) is 0.318. The molecule has 0 unspecified atom stereocenters. The molecule has 0 bridgehead atoms. The summed E-state index contributed by atoms with van der Waals surface area (Å²) in [5.41, 5.74) is 4.20. The molecule has 0 aliphatic rings. The van der Waals surface area contributed by atoms with E-state index in [1.807, 2.05) is 24.4 Å². The lowest BCUT2D eigenvalue weighted by atomic mass is 9.98. The topological polar surface area (TPSA) is 31.4 Å². The highest BCUT2D eigenvalue weighted by atomic mass is 16.5. The maximum atomic E-state index is 5.69. The van der Waals surface area contributed by atoms with Gasteiger partial charge in [-0.2, -0.15) is 0 Å². The van der Waals surface area contributed by atoms with Crippen LogP contribution in [0.15, 0.2) is 48.7 Å². The van der Waals surface area contributed by atoms with Gasteiger partial charge in [0.05, 0.1) is 25.3 Å². The lowest BCUT2D eigenvalue weighted by molar-refractivity contribution is 0.396. The quantitative estimate of drug-likeness (QED) is 0.523. The van der Waals surface area contributed by atoms with Crippen LogP contribution in [0.3, 0.4) is 0 Å². The van der Waals surface area contributed by atoms with Gasteiger partial charge in [-0.3, -0.25) is 4.98 Å². The molecule has 0 spiro atoms. The summed E-state index contributed by atoms with van der Waals surface area (Å²) in [6.07, 6.45) is 6.56. The minimum absolute atomic E-state index is 0.836. The molecule has 0 N–H and O–H groups in total. The van der Waals surface area contributed by atoms with Crippen LogP contribution in [0.4, 0.5) is 0 Å². The summed E-state index contributed by atoms with van der Waals surface area (Å²) in [4.78, 5) is 4.58. The highest BCUT2D eigenvalue weighted by Gasteiger charge is 2.15. The number of methoxy groups -OCH3 is 2. The number of aromatic nitrogens is 1. The summed E-state index contributed by atoms with van der Waals surface area (Å²) in [7, 11) is 3.42. The monoisotopic (exact) mass is 335 g/mol. The number of nitrogens with zero attached hydrogens (tertiary/aromatic N) is 1. The van der Waals surface area contributed by atoms with Gasteiger partial charge in [0.2, 0.25) is 0 Å². The number of hydrogen-bond acceptors (Lipinski definition) is 3. The number of para-hydroxylation sites is 1. The molecule has 3 rings (SSSR count). The molecule has 0 aliphatic heterocycles. The van der Waals surface area contributed by atoms with Gasteiger partial charge < -0.3 is 9.47 Å². The average Bonchev–Trinajstić information content (AvgIpc) is 2.67. The predicted molar refractivity (Wildman–Crippen MR) is 104 cm³/mol. The molecule has 25 heavy (non-hydrogen) atoms. The van der Waals surface area contributed by atoms with E-state index in [1.165, 1.54) is 24.8 Å². The van der Waals surface area contributed by atoms with Gasteiger partial charge in [0.15, 0.2) is 0 Å². The van der Waals surface area contributed by atoms with Crippen molar-refractivity contribution in [3.63, 3.8) is 0 Å². The molecule has 0 aliphatic carbocycles. The molecule has 0 saturated heterocycles. The van der Waals surface area contributed by atoms with Gasteiger partial charge in [0, 0.05) is 17.1 Å². The first-order valence-electron chi connectivity index (χ1n) is 8.87. The third-order valence-electron chi connectivity index (χ3n) is 4.51. The van der Waals surface area contributed by atoms with Gasteiger partial charge in [-0.05, 0) is 42.7 Å². The van der Waals surface area contributed by atoms with Crippen LogP contribution in [-0.4, -0.2) is 19.2 Å². The Morgan fingerprint density at radius 3 is 2.32 bits per heavy atom. The fourth-order valence-electron chi connectivity index (χ4n) is 3.18.